The van der Waals surface area contributed by atoms with Gasteiger partial charge in [0.2, 0.25) is 0 Å². The predicted octanol–water partition coefficient (Wildman–Crippen LogP) is 2.42. The van der Waals surface area contributed by atoms with Crippen LogP contribution in [-0.2, 0) is 17.9 Å². The van der Waals surface area contributed by atoms with E-state index in [-0.39, 0.29) is 5.78 Å². The minimum absolute atomic E-state index is 0.232. The van der Waals surface area contributed by atoms with Crippen molar-refractivity contribution in [3.8, 4) is 0 Å². The smallest absolute Gasteiger partial charge is 0.182 e. The maximum absolute atomic E-state index is 11.8. The fourth-order valence-corrected chi connectivity index (χ4v) is 2.32. The van der Waals surface area contributed by atoms with E-state index < -0.39 is 0 Å². The van der Waals surface area contributed by atoms with Gasteiger partial charge in [-0.2, -0.15) is 0 Å². The predicted molar refractivity (Wildman–Crippen MR) is 62.5 cm³/mol. The van der Waals surface area contributed by atoms with E-state index in [2.05, 4.69) is 29.2 Å². The first-order valence-corrected chi connectivity index (χ1v) is 5.56. The standard InChI is InChI=1S/C14H13NO/c16-14-8-4-3-7-13(14)15-9-11-5-1-2-6-12(11)10-15/h1-7H,8-10H2. The lowest BCUT2D eigenvalue weighted by atomic mass is 10.1. The Morgan fingerprint density at radius 3 is 2.38 bits per heavy atom. The summed E-state index contributed by atoms with van der Waals surface area (Å²) in [6.07, 6.45) is 6.35. The number of allylic oxidation sites excluding steroid dienone is 4. The van der Waals surface area contributed by atoms with E-state index in [1.54, 1.807) is 0 Å². The zero-order valence-electron chi connectivity index (χ0n) is 9.02. The minimum Gasteiger partial charge on any atom is -0.360 e. The number of hydrogen-bond donors (Lipinski definition) is 0. The molecule has 0 amide bonds. The maximum Gasteiger partial charge on any atom is 0.182 e. The summed E-state index contributed by atoms with van der Waals surface area (Å²) >= 11 is 0. The number of carbonyl (C=O) groups excluding carboxylic acids is 1. The second-order valence-corrected chi connectivity index (χ2v) is 4.23. The van der Waals surface area contributed by atoms with Gasteiger partial charge >= 0.3 is 0 Å². The Morgan fingerprint density at radius 2 is 1.75 bits per heavy atom. The average molecular weight is 211 g/mol. The van der Waals surface area contributed by atoms with Gasteiger partial charge in [0, 0.05) is 19.5 Å². The summed E-state index contributed by atoms with van der Waals surface area (Å²) in [5, 5.41) is 0. The van der Waals surface area contributed by atoms with Gasteiger partial charge in [-0.1, -0.05) is 36.4 Å². The van der Waals surface area contributed by atoms with Crippen LogP contribution in [0.2, 0.25) is 0 Å². The van der Waals surface area contributed by atoms with Crippen LogP contribution in [-0.4, -0.2) is 10.7 Å². The summed E-state index contributed by atoms with van der Waals surface area (Å²) in [6, 6.07) is 8.39. The van der Waals surface area contributed by atoms with Crippen molar-refractivity contribution in [3.63, 3.8) is 0 Å². The Labute approximate surface area is 94.9 Å². The molecule has 1 aromatic rings. The van der Waals surface area contributed by atoms with Gasteiger partial charge in [0.25, 0.3) is 0 Å². The highest BCUT2D eigenvalue weighted by Gasteiger charge is 2.24. The van der Waals surface area contributed by atoms with Crippen LogP contribution < -0.4 is 0 Å². The third kappa shape index (κ3) is 1.47. The Bertz CT molecular complexity index is 474. The Kier molecular flexibility index (Phi) is 2.13. The molecule has 0 saturated carbocycles. The molecule has 0 atom stereocenters. The number of ketones is 1. The number of rotatable bonds is 1. The second kappa shape index (κ2) is 3.63. The molecule has 0 spiro atoms. The summed E-state index contributed by atoms with van der Waals surface area (Å²) in [5.41, 5.74) is 3.54. The van der Waals surface area contributed by atoms with Crippen molar-refractivity contribution in [1.29, 1.82) is 0 Å². The molecule has 80 valence electrons. The number of carbonyl (C=O) groups is 1. The maximum atomic E-state index is 11.8. The van der Waals surface area contributed by atoms with Crippen LogP contribution in [0.5, 0.6) is 0 Å². The number of nitrogens with zero attached hydrogens (tertiary/aromatic N) is 1. The molecule has 0 aromatic heterocycles. The monoisotopic (exact) mass is 211 g/mol. The summed E-state index contributed by atoms with van der Waals surface area (Å²) < 4.78 is 0. The largest absolute Gasteiger partial charge is 0.360 e. The van der Waals surface area contributed by atoms with Crippen molar-refractivity contribution in [3.05, 3.63) is 59.3 Å². The first-order chi connectivity index (χ1) is 7.84. The molecule has 1 aliphatic carbocycles. The van der Waals surface area contributed by atoms with Crippen molar-refractivity contribution in [1.82, 2.24) is 4.90 Å². The minimum atomic E-state index is 0.232. The molecular weight excluding hydrogens is 198 g/mol. The normalized spacial score (nSPS) is 18.6. The Hall–Kier alpha value is -1.83. The quantitative estimate of drug-likeness (QED) is 0.711. The van der Waals surface area contributed by atoms with Crippen LogP contribution in [0.1, 0.15) is 17.5 Å². The van der Waals surface area contributed by atoms with Gasteiger partial charge in [-0.05, 0) is 17.2 Å². The number of benzene rings is 1. The van der Waals surface area contributed by atoms with Crippen LogP contribution in [0.3, 0.4) is 0 Å². The molecule has 2 aliphatic rings. The molecule has 0 radical (unpaired) electrons. The summed E-state index contributed by atoms with van der Waals surface area (Å²) in [5.74, 6) is 0.232. The molecule has 1 aliphatic heterocycles. The lowest BCUT2D eigenvalue weighted by molar-refractivity contribution is -0.116. The molecule has 16 heavy (non-hydrogen) atoms. The van der Waals surface area contributed by atoms with E-state index in [0.717, 1.165) is 18.8 Å². The number of fused-ring (bicyclic) bond motifs is 1. The van der Waals surface area contributed by atoms with Crippen molar-refractivity contribution in [2.24, 2.45) is 0 Å². The zero-order valence-corrected chi connectivity index (χ0v) is 9.02. The number of hydrogen-bond acceptors (Lipinski definition) is 2. The topological polar surface area (TPSA) is 20.3 Å². The van der Waals surface area contributed by atoms with Crippen LogP contribution in [0, 0.1) is 0 Å². The van der Waals surface area contributed by atoms with E-state index in [9.17, 15) is 4.79 Å². The third-order valence-electron chi connectivity index (χ3n) is 3.16. The summed E-state index contributed by atoms with van der Waals surface area (Å²) in [7, 11) is 0. The van der Waals surface area contributed by atoms with Gasteiger partial charge in [0.05, 0.1) is 5.70 Å². The average Bonchev–Trinajstić information content (AvgIpc) is 2.73. The molecule has 1 aromatic carbocycles. The SMILES string of the molecule is O=C1CC=CC=C1N1Cc2ccccc2C1. The van der Waals surface area contributed by atoms with E-state index >= 15 is 0 Å². The molecule has 2 heteroatoms. The molecule has 0 bridgehead atoms. The molecular formula is C14H13NO. The van der Waals surface area contributed by atoms with Gasteiger partial charge in [-0.15, -0.1) is 0 Å². The zero-order chi connectivity index (χ0) is 11.0. The van der Waals surface area contributed by atoms with E-state index in [0.29, 0.717) is 6.42 Å². The fourth-order valence-electron chi connectivity index (χ4n) is 2.32. The van der Waals surface area contributed by atoms with Crippen molar-refractivity contribution < 1.29 is 4.79 Å². The van der Waals surface area contributed by atoms with Gasteiger partial charge in [0.1, 0.15) is 0 Å². The van der Waals surface area contributed by atoms with Crippen molar-refractivity contribution in [2.45, 2.75) is 19.5 Å². The second-order valence-electron chi connectivity index (χ2n) is 4.23. The highest BCUT2D eigenvalue weighted by Crippen LogP contribution is 2.27. The van der Waals surface area contributed by atoms with Gasteiger partial charge in [0.15, 0.2) is 5.78 Å². The van der Waals surface area contributed by atoms with E-state index in [1.165, 1.54) is 11.1 Å². The highest BCUT2D eigenvalue weighted by molar-refractivity contribution is 5.97. The lowest BCUT2D eigenvalue weighted by Gasteiger charge is -2.21. The van der Waals surface area contributed by atoms with Gasteiger partial charge < -0.3 is 4.90 Å². The van der Waals surface area contributed by atoms with Gasteiger partial charge in [-0.25, -0.2) is 0 Å². The Balaban J connectivity index is 1.88. The van der Waals surface area contributed by atoms with Crippen LogP contribution in [0.15, 0.2) is 48.2 Å². The molecule has 1 heterocycles. The van der Waals surface area contributed by atoms with E-state index in [1.807, 2.05) is 18.2 Å². The number of Topliss-reactive ketones (excluding diaryl/α,β-unsaturated/α-hetero) is 1. The molecule has 0 fully saturated rings. The molecule has 2 nitrogen and oxygen atoms in total. The third-order valence-corrected chi connectivity index (χ3v) is 3.16. The van der Waals surface area contributed by atoms with E-state index in [4.69, 9.17) is 0 Å². The first-order valence-electron chi connectivity index (χ1n) is 5.56. The molecule has 0 saturated heterocycles. The lowest BCUT2D eigenvalue weighted by Crippen LogP contribution is -2.23. The Morgan fingerprint density at radius 1 is 1.06 bits per heavy atom. The summed E-state index contributed by atoms with van der Waals surface area (Å²) in [6.45, 7) is 1.73. The fraction of sp³-hybridized carbons (Fsp3) is 0.214. The van der Waals surface area contributed by atoms with Crippen LogP contribution >= 0.6 is 0 Å². The summed E-state index contributed by atoms with van der Waals surface area (Å²) in [4.78, 5) is 13.9. The highest BCUT2D eigenvalue weighted by atomic mass is 16.1. The van der Waals surface area contributed by atoms with Crippen molar-refractivity contribution >= 4 is 5.78 Å². The van der Waals surface area contributed by atoms with Crippen LogP contribution in [0.4, 0.5) is 0 Å². The molecule has 0 unspecified atom stereocenters. The first kappa shape index (κ1) is 9.40. The molecule has 3 rings (SSSR count). The molecule has 0 N–H and O–H groups in total. The van der Waals surface area contributed by atoms with Gasteiger partial charge in [-0.3, -0.25) is 4.79 Å². The van der Waals surface area contributed by atoms with Crippen molar-refractivity contribution in [2.75, 3.05) is 0 Å². The van der Waals surface area contributed by atoms with Crippen LogP contribution in [0.25, 0.3) is 0 Å².